The third-order valence-corrected chi connectivity index (χ3v) is 3.76. The van der Waals surface area contributed by atoms with Crippen LogP contribution < -0.4 is 5.32 Å². The lowest BCUT2D eigenvalue weighted by Gasteiger charge is -2.18. The summed E-state index contributed by atoms with van der Waals surface area (Å²) in [5.41, 5.74) is 0. The predicted molar refractivity (Wildman–Crippen MR) is 84.5 cm³/mol. The number of halogens is 1. The summed E-state index contributed by atoms with van der Waals surface area (Å²) in [5.74, 6) is 0.0198. The predicted octanol–water partition coefficient (Wildman–Crippen LogP) is 2.13. The number of hydrogen-bond donors (Lipinski definition) is 1. The molecule has 1 unspecified atom stereocenters. The van der Waals surface area contributed by atoms with Crippen LogP contribution in [0.5, 0.6) is 0 Å². The molecular weight excluding hydrogens is 320 g/mol. The number of hydrogen-bond acceptors (Lipinski definition) is 3. The van der Waals surface area contributed by atoms with E-state index in [1.807, 2.05) is 13.1 Å². The van der Waals surface area contributed by atoms with Crippen LogP contribution in [0.3, 0.4) is 0 Å². The van der Waals surface area contributed by atoms with Crippen LogP contribution in [-0.4, -0.2) is 46.8 Å². The Labute approximate surface area is 129 Å². The second kappa shape index (κ2) is 9.13. The lowest BCUT2D eigenvalue weighted by molar-refractivity contribution is -0.124. The van der Waals surface area contributed by atoms with Gasteiger partial charge in [-0.2, -0.15) is 5.10 Å². The van der Waals surface area contributed by atoms with Crippen molar-refractivity contribution in [1.29, 1.82) is 0 Å². The summed E-state index contributed by atoms with van der Waals surface area (Å²) in [5, 5.41) is 7.16. The minimum absolute atomic E-state index is 0.0738. The summed E-state index contributed by atoms with van der Waals surface area (Å²) in [4.78, 5) is 14.3. The molecule has 0 aromatic carbocycles. The van der Waals surface area contributed by atoms with E-state index in [2.05, 4.69) is 45.1 Å². The Hall–Kier alpha value is -0.880. The van der Waals surface area contributed by atoms with Gasteiger partial charge in [0.05, 0.1) is 23.1 Å². The van der Waals surface area contributed by atoms with Crippen molar-refractivity contribution >= 4 is 21.8 Å². The first-order chi connectivity index (χ1) is 9.56. The molecule has 0 bridgehead atoms. The van der Waals surface area contributed by atoms with Crippen molar-refractivity contribution in [2.75, 3.05) is 26.2 Å². The van der Waals surface area contributed by atoms with E-state index in [0.717, 1.165) is 37.1 Å². The summed E-state index contributed by atoms with van der Waals surface area (Å²) in [6.45, 7) is 10.8. The van der Waals surface area contributed by atoms with Crippen LogP contribution in [-0.2, 0) is 11.3 Å². The molecule has 20 heavy (non-hydrogen) atoms. The van der Waals surface area contributed by atoms with Crippen molar-refractivity contribution < 1.29 is 4.79 Å². The molecule has 114 valence electrons. The SMILES string of the molecule is CCN(CC)CCCNC(=O)C(C)Cn1cc(Br)cn1. The quantitative estimate of drug-likeness (QED) is 0.698. The maximum Gasteiger partial charge on any atom is 0.224 e. The molecule has 0 aliphatic heterocycles. The lowest BCUT2D eigenvalue weighted by Crippen LogP contribution is -2.34. The van der Waals surface area contributed by atoms with Crippen LogP contribution in [0.1, 0.15) is 27.2 Å². The van der Waals surface area contributed by atoms with Crippen molar-refractivity contribution in [1.82, 2.24) is 20.0 Å². The minimum Gasteiger partial charge on any atom is -0.356 e. The van der Waals surface area contributed by atoms with E-state index < -0.39 is 0 Å². The Balaban J connectivity index is 2.21. The maximum absolute atomic E-state index is 12.0. The van der Waals surface area contributed by atoms with Crippen molar-refractivity contribution in [3.63, 3.8) is 0 Å². The molecule has 0 radical (unpaired) electrons. The average Bonchev–Trinajstić information content (AvgIpc) is 2.84. The zero-order valence-corrected chi connectivity index (χ0v) is 14.2. The van der Waals surface area contributed by atoms with Crippen LogP contribution in [0.4, 0.5) is 0 Å². The van der Waals surface area contributed by atoms with Crippen LogP contribution in [0.2, 0.25) is 0 Å². The topological polar surface area (TPSA) is 50.2 Å². The molecule has 0 aliphatic carbocycles. The Morgan fingerprint density at radius 1 is 1.50 bits per heavy atom. The molecule has 1 aromatic heterocycles. The molecule has 0 fully saturated rings. The number of amides is 1. The van der Waals surface area contributed by atoms with Gasteiger partial charge in [-0.15, -0.1) is 0 Å². The molecule has 0 spiro atoms. The third kappa shape index (κ3) is 6.05. The molecule has 1 N–H and O–H groups in total. The zero-order valence-electron chi connectivity index (χ0n) is 12.6. The number of carbonyl (C=O) groups excluding carboxylic acids is 1. The Bertz CT molecular complexity index is 404. The summed E-state index contributed by atoms with van der Waals surface area (Å²) >= 11 is 3.35. The summed E-state index contributed by atoms with van der Waals surface area (Å²) in [6.07, 6.45) is 4.60. The van der Waals surface area contributed by atoms with Gasteiger partial charge >= 0.3 is 0 Å². The number of nitrogens with zero attached hydrogens (tertiary/aromatic N) is 3. The van der Waals surface area contributed by atoms with Crippen LogP contribution in [0.25, 0.3) is 0 Å². The molecule has 1 atom stereocenters. The van der Waals surface area contributed by atoms with E-state index in [4.69, 9.17) is 0 Å². The highest BCUT2D eigenvalue weighted by molar-refractivity contribution is 9.10. The van der Waals surface area contributed by atoms with Gasteiger partial charge in [-0.1, -0.05) is 20.8 Å². The molecule has 6 heteroatoms. The molecule has 1 rings (SSSR count). The molecule has 0 aliphatic rings. The first kappa shape index (κ1) is 17.2. The summed E-state index contributed by atoms with van der Waals surface area (Å²) in [6, 6.07) is 0. The normalized spacial score (nSPS) is 12.7. The Morgan fingerprint density at radius 3 is 2.75 bits per heavy atom. The van der Waals surface area contributed by atoms with E-state index in [1.54, 1.807) is 10.9 Å². The van der Waals surface area contributed by atoms with Gasteiger partial charge in [-0.25, -0.2) is 0 Å². The first-order valence-electron chi connectivity index (χ1n) is 7.24. The van der Waals surface area contributed by atoms with Gasteiger partial charge in [0.2, 0.25) is 5.91 Å². The molecule has 5 nitrogen and oxygen atoms in total. The first-order valence-corrected chi connectivity index (χ1v) is 8.04. The molecule has 1 aromatic rings. The number of rotatable bonds is 9. The van der Waals surface area contributed by atoms with Crippen molar-refractivity contribution in [2.24, 2.45) is 5.92 Å². The number of carbonyl (C=O) groups is 1. The van der Waals surface area contributed by atoms with Gasteiger partial charge < -0.3 is 10.2 Å². The smallest absolute Gasteiger partial charge is 0.224 e. The highest BCUT2D eigenvalue weighted by Crippen LogP contribution is 2.08. The Kier molecular flexibility index (Phi) is 7.84. The molecular formula is C14H25BrN4O. The van der Waals surface area contributed by atoms with E-state index in [9.17, 15) is 4.79 Å². The average molecular weight is 345 g/mol. The third-order valence-electron chi connectivity index (χ3n) is 3.36. The van der Waals surface area contributed by atoms with E-state index >= 15 is 0 Å². The van der Waals surface area contributed by atoms with Crippen LogP contribution in [0.15, 0.2) is 16.9 Å². The minimum atomic E-state index is -0.0738. The number of aromatic nitrogens is 2. The van der Waals surface area contributed by atoms with Gasteiger partial charge in [0.25, 0.3) is 0 Å². The van der Waals surface area contributed by atoms with Gasteiger partial charge in [0.1, 0.15) is 0 Å². The fraction of sp³-hybridized carbons (Fsp3) is 0.714. The molecule has 1 heterocycles. The van der Waals surface area contributed by atoms with E-state index in [-0.39, 0.29) is 11.8 Å². The summed E-state index contributed by atoms with van der Waals surface area (Å²) < 4.78 is 2.72. The fourth-order valence-electron chi connectivity index (χ4n) is 2.03. The largest absolute Gasteiger partial charge is 0.356 e. The van der Waals surface area contributed by atoms with E-state index in [0.29, 0.717) is 6.54 Å². The van der Waals surface area contributed by atoms with Crippen molar-refractivity contribution in [2.45, 2.75) is 33.7 Å². The summed E-state index contributed by atoms with van der Waals surface area (Å²) in [7, 11) is 0. The second-order valence-corrected chi connectivity index (χ2v) is 5.87. The van der Waals surface area contributed by atoms with Gasteiger partial charge in [0.15, 0.2) is 0 Å². The second-order valence-electron chi connectivity index (χ2n) is 4.95. The van der Waals surface area contributed by atoms with Gasteiger partial charge in [0, 0.05) is 12.7 Å². The van der Waals surface area contributed by atoms with Crippen LogP contribution >= 0.6 is 15.9 Å². The molecule has 0 saturated heterocycles. The zero-order chi connectivity index (χ0) is 15.0. The fourth-order valence-corrected chi connectivity index (χ4v) is 2.36. The van der Waals surface area contributed by atoms with Gasteiger partial charge in [-0.05, 0) is 42.0 Å². The molecule has 0 saturated carbocycles. The van der Waals surface area contributed by atoms with Gasteiger partial charge in [-0.3, -0.25) is 9.48 Å². The monoisotopic (exact) mass is 344 g/mol. The van der Waals surface area contributed by atoms with E-state index in [1.165, 1.54) is 0 Å². The van der Waals surface area contributed by atoms with Crippen LogP contribution in [0, 0.1) is 5.92 Å². The highest BCUT2D eigenvalue weighted by Gasteiger charge is 2.13. The Morgan fingerprint density at radius 2 is 2.20 bits per heavy atom. The van der Waals surface area contributed by atoms with Crippen molar-refractivity contribution in [3.05, 3.63) is 16.9 Å². The number of nitrogens with one attached hydrogen (secondary N) is 1. The standard InChI is InChI=1S/C14H25BrN4O/c1-4-18(5-2)8-6-7-16-14(20)12(3)10-19-11-13(15)9-17-19/h9,11-12H,4-8,10H2,1-3H3,(H,16,20). The maximum atomic E-state index is 12.0. The molecule has 1 amide bonds. The van der Waals surface area contributed by atoms with Crippen molar-refractivity contribution in [3.8, 4) is 0 Å². The lowest BCUT2D eigenvalue weighted by atomic mass is 10.1. The highest BCUT2D eigenvalue weighted by atomic mass is 79.9.